The summed E-state index contributed by atoms with van der Waals surface area (Å²) in [6, 6.07) is 13.0. The number of benzene rings is 2. The van der Waals surface area contributed by atoms with Gasteiger partial charge < -0.3 is 10.4 Å². The predicted molar refractivity (Wildman–Crippen MR) is 113 cm³/mol. The molecule has 0 aliphatic heterocycles. The number of pyridine rings is 1. The highest BCUT2D eigenvalue weighted by atomic mass is 19.1. The lowest BCUT2D eigenvalue weighted by Crippen LogP contribution is -2.27. The second-order valence-electron chi connectivity index (χ2n) is 7.97. The summed E-state index contributed by atoms with van der Waals surface area (Å²) in [5, 5.41) is 16.7. The van der Waals surface area contributed by atoms with E-state index in [1.165, 1.54) is 34.0 Å². The van der Waals surface area contributed by atoms with Crippen LogP contribution in [0.5, 0.6) is 0 Å². The van der Waals surface area contributed by atoms with Crippen molar-refractivity contribution in [2.75, 3.05) is 0 Å². The van der Waals surface area contributed by atoms with Gasteiger partial charge in [-0.15, -0.1) is 0 Å². The van der Waals surface area contributed by atoms with E-state index in [9.17, 15) is 9.50 Å². The molecule has 3 rings (SSSR count). The Kier molecular flexibility index (Phi) is 6.42. The maximum Gasteiger partial charge on any atom is 0.123 e. The van der Waals surface area contributed by atoms with Gasteiger partial charge in [-0.3, -0.25) is 4.98 Å². The standard InChI is InChI=1S/C24H29FN2O/c1-17-14-26-16-20-7-6-19(13-23(17)20)15-27-18(2)5-4-12-24(3,28)21-8-10-22(25)11-9-21/h6-11,13-14,16,18,27-28H,4-5,12,15H2,1-3H3/t18-,24?/m1/s1. The molecule has 3 aromatic rings. The second-order valence-corrected chi connectivity index (χ2v) is 7.97. The number of aromatic nitrogens is 1. The largest absolute Gasteiger partial charge is 0.385 e. The minimum atomic E-state index is -0.933. The monoisotopic (exact) mass is 380 g/mol. The van der Waals surface area contributed by atoms with Crippen LogP contribution in [0.25, 0.3) is 10.8 Å². The summed E-state index contributed by atoms with van der Waals surface area (Å²) in [6.45, 7) is 6.86. The van der Waals surface area contributed by atoms with Crippen molar-refractivity contribution >= 4 is 10.8 Å². The maximum absolute atomic E-state index is 13.1. The number of hydrogen-bond donors (Lipinski definition) is 2. The Morgan fingerprint density at radius 2 is 1.89 bits per heavy atom. The van der Waals surface area contributed by atoms with Gasteiger partial charge in [0.25, 0.3) is 0 Å². The van der Waals surface area contributed by atoms with Crippen molar-refractivity contribution in [1.29, 1.82) is 0 Å². The van der Waals surface area contributed by atoms with Crippen molar-refractivity contribution < 1.29 is 9.50 Å². The van der Waals surface area contributed by atoms with E-state index in [-0.39, 0.29) is 5.82 Å². The number of nitrogens with zero attached hydrogens (tertiary/aromatic N) is 1. The molecule has 2 aromatic carbocycles. The fourth-order valence-corrected chi connectivity index (χ4v) is 3.57. The highest BCUT2D eigenvalue weighted by Crippen LogP contribution is 2.27. The van der Waals surface area contributed by atoms with Crippen LogP contribution >= 0.6 is 0 Å². The molecule has 0 bridgehead atoms. The Labute approximate surface area is 166 Å². The van der Waals surface area contributed by atoms with Gasteiger partial charge in [0.05, 0.1) is 5.60 Å². The van der Waals surface area contributed by atoms with Gasteiger partial charge in [0, 0.05) is 30.4 Å². The average molecular weight is 381 g/mol. The van der Waals surface area contributed by atoms with Crippen LogP contribution in [0.15, 0.2) is 54.9 Å². The number of nitrogens with one attached hydrogen (secondary N) is 1. The molecular formula is C24H29FN2O. The van der Waals surface area contributed by atoms with Gasteiger partial charge in [-0.2, -0.15) is 0 Å². The SMILES string of the molecule is Cc1cncc2ccc(CN[C@H](C)CCCC(C)(O)c3ccc(F)cc3)cc12. The summed E-state index contributed by atoms with van der Waals surface area (Å²) in [7, 11) is 0. The van der Waals surface area contributed by atoms with Gasteiger partial charge in [-0.05, 0) is 80.3 Å². The lowest BCUT2D eigenvalue weighted by atomic mass is 9.90. The third kappa shape index (κ3) is 5.15. The molecule has 0 saturated heterocycles. The predicted octanol–water partition coefficient (Wildman–Crippen LogP) is 5.24. The summed E-state index contributed by atoms with van der Waals surface area (Å²) in [4.78, 5) is 4.24. The van der Waals surface area contributed by atoms with Gasteiger partial charge >= 0.3 is 0 Å². The van der Waals surface area contributed by atoms with Crippen LogP contribution in [0.1, 0.15) is 49.8 Å². The summed E-state index contributed by atoms with van der Waals surface area (Å²) in [6.07, 6.45) is 6.30. The van der Waals surface area contributed by atoms with E-state index in [1.54, 1.807) is 19.1 Å². The molecular weight excluding hydrogens is 351 g/mol. The van der Waals surface area contributed by atoms with Crippen molar-refractivity contribution in [1.82, 2.24) is 10.3 Å². The van der Waals surface area contributed by atoms with Crippen molar-refractivity contribution in [2.24, 2.45) is 0 Å². The number of fused-ring (bicyclic) bond motifs is 1. The zero-order chi connectivity index (χ0) is 20.1. The van der Waals surface area contributed by atoms with Crippen LogP contribution < -0.4 is 5.32 Å². The molecule has 0 spiro atoms. The van der Waals surface area contributed by atoms with Crippen LogP contribution in [0.3, 0.4) is 0 Å². The second kappa shape index (κ2) is 8.80. The molecule has 4 heteroatoms. The summed E-state index contributed by atoms with van der Waals surface area (Å²) < 4.78 is 13.1. The molecule has 148 valence electrons. The van der Waals surface area contributed by atoms with E-state index in [0.29, 0.717) is 12.5 Å². The zero-order valence-electron chi connectivity index (χ0n) is 16.9. The van der Waals surface area contributed by atoms with Crippen LogP contribution in [0.4, 0.5) is 4.39 Å². The maximum atomic E-state index is 13.1. The number of aryl methyl sites for hydroxylation is 1. The minimum Gasteiger partial charge on any atom is -0.385 e. The molecule has 3 nitrogen and oxygen atoms in total. The van der Waals surface area contributed by atoms with Crippen LogP contribution in [0.2, 0.25) is 0 Å². The third-order valence-electron chi connectivity index (χ3n) is 5.45. The Bertz CT molecular complexity index is 922. The van der Waals surface area contributed by atoms with Gasteiger partial charge in [-0.25, -0.2) is 4.39 Å². The van der Waals surface area contributed by atoms with E-state index in [2.05, 4.69) is 42.3 Å². The van der Waals surface area contributed by atoms with E-state index >= 15 is 0 Å². The lowest BCUT2D eigenvalue weighted by molar-refractivity contribution is 0.0443. The molecule has 0 aliphatic carbocycles. The Balaban J connectivity index is 1.48. The average Bonchev–Trinajstić information content (AvgIpc) is 2.67. The first-order valence-electron chi connectivity index (χ1n) is 9.90. The topological polar surface area (TPSA) is 45.2 Å². The lowest BCUT2D eigenvalue weighted by Gasteiger charge is -2.25. The normalized spacial score (nSPS) is 14.8. The Hall–Kier alpha value is -2.30. The number of hydrogen-bond acceptors (Lipinski definition) is 3. The summed E-state index contributed by atoms with van der Waals surface area (Å²) in [5.74, 6) is -0.280. The number of rotatable bonds is 8. The molecule has 0 aliphatic rings. The van der Waals surface area contributed by atoms with Crippen molar-refractivity contribution in [2.45, 2.75) is 58.2 Å². The van der Waals surface area contributed by atoms with E-state index < -0.39 is 5.60 Å². The van der Waals surface area contributed by atoms with Gasteiger partial charge in [-0.1, -0.05) is 24.3 Å². The fraction of sp³-hybridized carbons (Fsp3) is 0.375. The minimum absolute atomic E-state index is 0.280. The van der Waals surface area contributed by atoms with E-state index in [0.717, 1.165) is 24.9 Å². The quantitative estimate of drug-likeness (QED) is 0.562. The molecule has 1 unspecified atom stereocenters. The van der Waals surface area contributed by atoms with Crippen LogP contribution in [-0.4, -0.2) is 16.1 Å². The fourth-order valence-electron chi connectivity index (χ4n) is 3.57. The number of halogens is 1. The molecule has 1 heterocycles. The smallest absolute Gasteiger partial charge is 0.123 e. The molecule has 0 saturated carbocycles. The van der Waals surface area contributed by atoms with Crippen molar-refractivity contribution in [3.63, 3.8) is 0 Å². The highest BCUT2D eigenvalue weighted by Gasteiger charge is 2.22. The summed E-state index contributed by atoms with van der Waals surface area (Å²) in [5.41, 5.74) is 2.27. The van der Waals surface area contributed by atoms with Gasteiger partial charge in [0.2, 0.25) is 0 Å². The molecule has 0 amide bonds. The molecule has 1 aromatic heterocycles. The molecule has 0 fully saturated rings. The third-order valence-corrected chi connectivity index (χ3v) is 5.45. The number of aliphatic hydroxyl groups is 1. The van der Waals surface area contributed by atoms with Crippen LogP contribution in [-0.2, 0) is 12.1 Å². The first kappa shape index (κ1) is 20.4. The van der Waals surface area contributed by atoms with Gasteiger partial charge in [0.15, 0.2) is 0 Å². The summed E-state index contributed by atoms with van der Waals surface area (Å²) >= 11 is 0. The van der Waals surface area contributed by atoms with Crippen molar-refractivity contribution in [3.8, 4) is 0 Å². The Morgan fingerprint density at radius 3 is 2.64 bits per heavy atom. The molecule has 2 atom stereocenters. The highest BCUT2D eigenvalue weighted by molar-refractivity contribution is 5.85. The van der Waals surface area contributed by atoms with E-state index in [4.69, 9.17) is 0 Å². The molecule has 0 radical (unpaired) electrons. The van der Waals surface area contributed by atoms with E-state index in [1.807, 2.05) is 12.4 Å². The first-order chi connectivity index (χ1) is 13.3. The van der Waals surface area contributed by atoms with Gasteiger partial charge in [0.1, 0.15) is 5.82 Å². The van der Waals surface area contributed by atoms with Crippen molar-refractivity contribution in [3.05, 3.63) is 77.4 Å². The zero-order valence-corrected chi connectivity index (χ0v) is 16.9. The van der Waals surface area contributed by atoms with Crippen LogP contribution in [0, 0.1) is 12.7 Å². The Morgan fingerprint density at radius 1 is 1.14 bits per heavy atom. The first-order valence-corrected chi connectivity index (χ1v) is 9.90. The molecule has 2 N–H and O–H groups in total. The molecule has 28 heavy (non-hydrogen) atoms.